The first kappa shape index (κ1) is 14.4. The summed E-state index contributed by atoms with van der Waals surface area (Å²) in [5.74, 6) is 0.314. The van der Waals surface area contributed by atoms with Gasteiger partial charge in [-0.15, -0.1) is 0 Å². The minimum Gasteiger partial charge on any atom is -0.377 e. The van der Waals surface area contributed by atoms with Gasteiger partial charge in [-0.3, -0.25) is 4.98 Å². The third-order valence-electron chi connectivity index (χ3n) is 3.11. The van der Waals surface area contributed by atoms with Crippen LogP contribution in [0.4, 0.5) is 0 Å². The van der Waals surface area contributed by atoms with Crippen molar-refractivity contribution in [1.29, 1.82) is 0 Å². The monoisotopic (exact) mass is 284 g/mol. The first-order valence-corrected chi connectivity index (χ1v) is 8.39. The molecule has 1 atom stereocenters. The van der Waals surface area contributed by atoms with Crippen LogP contribution < -0.4 is 5.32 Å². The van der Waals surface area contributed by atoms with Crippen LogP contribution in [0, 0.1) is 0 Å². The molecule has 1 aliphatic heterocycles. The van der Waals surface area contributed by atoms with Gasteiger partial charge in [0, 0.05) is 32.1 Å². The van der Waals surface area contributed by atoms with Crippen LogP contribution in [0.1, 0.15) is 18.4 Å². The summed E-state index contributed by atoms with van der Waals surface area (Å²) < 4.78 is 29.1. The molecule has 0 aliphatic carbocycles. The van der Waals surface area contributed by atoms with Crippen molar-refractivity contribution in [3.8, 4) is 0 Å². The van der Waals surface area contributed by atoms with Gasteiger partial charge in [-0.2, -0.15) is 0 Å². The zero-order chi connectivity index (χ0) is 13.6. The van der Waals surface area contributed by atoms with Gasteiger partial charge in [-0.1, -0.05) is 6.07 Å². The number of aromatic nitrogens is 1. The standard InChI is InChI=1S/C13H20N2O3S/c16-19(17,11-13-4-2-7-18-13)8-6-15-10-12-3-1-5-14-9-12/h1,3,5,9,13,15H,2,4,6-8,10-11H2. The van der Waals surface area contributed by atoms with Crippen LogP contribution in [0.15, 0.2) is 24.5 Å². The molecule has 0 aromatic carbocycles. The molecule has 2 rings (SSSR count). The van der Waals surface area contributed by atoms with Crippen molar-refractivity contribution in [1.82, 2.24) is 10.3 Å². The highest BCUT2D eigenvalue weighted by atomic mass is 32.2. The third-order valence-corrected chi connectivity index (χ3v) is 4.81. The maximum atomic E-state index is 11.9. The van der Waals surface area contributed by atoms with Crippen molar-refractivity contribution < 1.29 is 13.2 Å². The van der Waals surface area contributed by atoms with E-state index in [-0.39, 0.29) is 17.6 Å². The smallest absolute Gasteiger partial charge is 0.154 e. The second-order valence-electron chi connectivity index (χ2n) is 4.79. The van der Waals surface area contributed by atoms with E-state index in [0.29, 0.717) is 19.7 Å². The lowest BCUT2D eigenvalue weighted by atomic mass is 10.3. The van der Waals surface area contributed by atoms with E-state index >= 15 is 0 Å². The van der Waals surface area contributed by atoms with Crippen molar-refractivity contribution in [2.45, 2.75) is 25.5 Å². The fourth-order valence-corrected chi connectivity index (χ4v) is 3.56. The lowest BCUT2D eigenvalue weighted by Crippen LogP contribution is -2.28. The molecule has 1 N–H and O–H groups in total. The van der Waals surface area contributed by atoms with Crippen LogP contribution >= 0.6 is 0 Å². The summed E-state index contributed by atoms with van der Waals surface area (Å²) in [5, 5.41) is 3.12. The van der Waals surface area contributed by atoms with E-state index < -0.39 is 9.84 Å². The predicted octanol–water partition coefficient (Wildman–Crippen LogP) is 0.765. The molecule has 0 spiro atoms. The van der Waals surface area contributed by atoms with Gasteiger partial charge in [0.25, 0.3) is 0 Å². The lowest BCUT2D eigenvalue weighted by Gasteiger charge is -2.10. The second kappa shape index (κ2) is 6.98. The summed E-state index contributed by atoms with van der Waals surface area (Å²) >= 11 is 0. The predicted molar refractivity (Wildman–Crippen MR) is 73.6 cm³/mol. The maximum Gasteiger partial charge on any atom is 0.154 e. The van der Waals surface area contributed by atoms with Crippen molar-refractivity contribution in [2.24, 2.45) is 0 Å². The molecule has 1 aromatic heterocycles. The molecule has 1 aromatic rings. The highest BCUT2D eigenvalue weighted by Gasteiger charge is 2.22. The zero-order valence-corrected chi connectivity index (χ0v) is 11.7. The van der Waals surface area contributed by atoms with E-state index in [9.17, 15) is 8.42 Å². The Balaban J connectivity index is 1.66. The maximum absolute atomic E-state index is 11.9. The van der Waals surface area contributed by atoms with Gasteiger partial charge in [-0.05, 0) is 24.5 Å². The van der Waals surface area contributed by atoms with Crippen LogP contribution in [-0.4, -0.2) is 44.2 Å². The minimum atomic E-state index is -3.02. The van der Waals surface area contributed by atoms with Crippen molar-refractivity contribution >= 4 is 9.84 Å². The van der Waals surface area contributed by atoms with E-state index in [1.54, 1.807) is 12.4 Å². The first-order valence-electron chi connectivity index (χ1n) is 6.57. The molecule has 2 heterocycles. The normalized spacial score (nSPS) is 19.7. The van der Waals surface area contributed by atoms with E-state index in [1.165, 1.54) is 0 Å². The largest absolute Gasteiger partial charge is 0.377 e. The van der Waals surface area contributed by atoms with E-state index in [4.69, 9.17) is 4.74 Å². The highest BCUT2D eigenvalue weighted by Crippen LogP contribution is 2.14. The number of nitrogens with zero attached hydrogens (tertiary/aromatic N) is 1. The second-order valence-corrected chi connectivity index (χ2v) is 7.02. The quantitative estimate of drug-likeness (QED) is 0.749. The number of rotatable bonds is 7. The van der Waals surface area contributed by atoms with Gasteiger partial charge in [0.1, 0.15) is 0 Å². The van der Waals surface area contributed by atoms with Gasteiger partial charge in [0.2, 0.25) is 0 Å². The Bertz CT molecular complexity index is 470. The van der Waals surface area contributed by atoms with Crippen LogP contribution in [0.25, 0.3) is 0 Å². The Morgan fingerprint density at radius 3 is 3.05 bits per heavy atom. The number of hydrogen-bond donors (Lipinski definition) is 1. The molecule has 1 saturated heterocycles. The topological polar surface area (TPSA) is 68.3 Å². The average molecular weight is 284 g/mol. The minimum absolute atomic E-state index is 0.0941. The van der Waals surface area contributed by atoms with Crippen molar-refractivity contribution in [3.63, 3.8) is 0 Å². The Morgan fingerprint density at radius 1 is 1.47 bits per heavy atom. The molecule has 1 aliphatic rings. The lowest BCUT2D eigenvalue weighted by molar-refractivity contribution is 0.127. The molecule has 0 bridgehead atoms. The van der Waals surface area contributed by atoms with Crippen LogP contribution in [0.2, 0.25) is 0 Å². The fraction of sp³-hybridized carbons (Fsp3) is 0.615. The first-order chi connectivity index (χ1) is 9.16. The zero-order valence-electron chi connectivity index (χ0n) is 10.9. The molecule has 0 radical (unpaired) electrons. The number of hydrogen-bond acceptors (Lipinski definition) is 5. The Morgan fingerprint density at radius 2 is 2.37 bits per heavy atom. The summed E-state index contributed by atoms with van der Waals surface area (Å²) in [6.45, 7) is 1.80. The van der Waals surface area contributed by atoms with Gasteiger partial charge in [0.15, 0.2) is 9.84 Å². The van der Waals surface area contributed by atoms with Crippen molar-refractivity contribution in [2.75, 3.05) is 24.7 Å². The molecule has 1 fully saturated rings. The van der Waals surface area contributed by atoms with Crippen LogP contribution in [0.3, 0.4) is 0 Å². The van der Waals surface area contributed by atoms with Gasteiger partial charge in [-0.25, -0.2) is 8.42 Å². The molecule has 5 nitrogen and oxygen atoms in total. The average Bonchev–Trinajstić information content (AvgIpc) is 2.88. The molecule has 6 heteroatoms. The van der Waals surface area contributed by atoms with Crippen molar-refractivity contribution in [3.05, 3.63) is 30.1 Å². The Kier molecular flexibility index (Phi) is 5.30. The van der Waals surface area contributed by atoms with Gasteiger partial charge < -0.3 is 10.1 Å². The van der Waals surface area contributed by atoms with E-state index in [1.807, 2.05) is 12.1 Å². The highest BCUT2D eigenvalue weighted by molar-refractivity contribution is 7.91. The number of ether oxygens (including phenoxy) is 1. The summed E-state index contributed by atoms with van der Waals surface area (Å²) in [5.41, 5.74) is 1.05. The summed E-state index contributed by atoms with van der Waals surface area (Å²) in [6.07, 6.45) is 5.23. The number of nitrogens with one attached hydrogen (secondary N) is 1. The van der Waals surface area contributed by atoms with Crippen LogP contribution in [-0.2, 0) is 21.1 Å². The fourth-order valence-electron chi connectivity index (χ4n) is 2.11. The molecule has 106 valence electrons. The van der Waals surface area contributed by atoms with Gasteiger partial charge in [0.05, 0.1) is 17.6 Å². The molecule has 0 saturated carbocycles. The Hall–Kier alpha value is -0.980. The summed E-state index contributed by atoms with van der Waals surface area (Å²) in [7, 11) is -3.02. The van der Waals surface area contributed by atoms with Crippen LogP contribution in [0.5, 0.6) is 0 Å². The van der Waals surface area contributed by atoms with E-state index in [0.717, 1.165) is 18.4 Å². The molecule has 0 amide bonds. The van der Waals surface area contributed by atoms with Gasteiger partial charge >= 0.3 is 0 Å². The molecule has 19 heavy (non-hydrogen) atoms. The SMILES string of the molecule is O=S(=O)(CCNCc1cccnc1)CC1CCCO1. The Labute approximate surface area is 114 Å². The molecule has 1 unspecified atom stereocenters. The number of pyridine rings is 1. The number of sulfone groups is 1. The van der Waals surface area contributed by atoms with E-state index in [2.05, 4.69) is 10.3 Å². The summed E-state index contributed by atoms with van der Waals surface area (Å²) in [4.78, 5) is 4.01. The summed E-state index contributed by atoms with van der Waals surface area (Å²) in [6, 6.07) is 3.83. The third kappa shape index (κ3) is 5.26. The molecular formula is C13H20N2O3S. The molecular weight excluding hydrogens is 264 g/mol.